The topological polar surface area (TPSA) is 41.1 Å². The molecule has 1 aromatic rings. The van der Waals surface area contributed by atoms with Crippen molar-refractivity contribution in [2.24, 2.45) is 5.92 Å². The van der Waals surface area contributed by atoms with Crippen LogP contribution in [0.1, 0.15) is 39.2 Å². The first-order valence-corrected chi connectivity index (χ1v) is 7.34. The van der Waals surface area contributed by atoms with Gasteiger partial charge in [0, 0.05) is 12.7 Å². The Bertz CT molecular complexity index is 424. The molecule has 0 bridgehead atoms. The third kappa shape index (κ3) is 6.98. The van der Waals surface area contributed by atoms with Crippen molar-refractivity contribution in [2.75, 3.05) is 6.54 Å². The fraction of sp³-hybridized carbons (Fsp3) is 0.471. The summed E-state index contributed by atoms with van der Waals surface area (Å²) in [5.74, 6) is 0.459. The summed E-state index contributed by atoms with van der Waals surface area (Å²) in [6, 6.07) is 10.3. The Labute approximate surface area is 122 Å². The van der Waals surface area contributed by atoms with Crippen LogP contribution in [0.3, 0.4) is 0 Å². The first kappa shape index (κ1) is 16.3. The molecule has 0 fully saturated rings. The zero-order valence-electron chi connectivity index (χ0n) is 12.8. The molecule has 3 nitrogen and oxygen atoms in total. The summed E-state index contributed by atoms with van der Waals surface area (Å²) >= 11 is 0. The lowest BCUT2D eigenvalue weighted by Gasteiger charge is -2.07. The van der Waals surface area contributed by atoms with E-state index in [0.717, 1.165) is 19.3 Å². The van der Waals surface area contributed by atoms with Crippen LogP contribution < -0.4 is 10.6 Å². The highest BCUT2D eigenvalue weighted by Crippen LogP contribution is 2.05. The van der Waals surface area contributed by atoms with E-state index in [1.165, 1.54) is 11.1 Å². The van der Waals surface area contributed by atoms with Gasteiger partial charge in [-0.05, 0) is 37.7 Å². The van der Waals surface area contributed by atoms with Gasteiger partial charge in [0.1, 0.15) is 0 Å². The maximum absolute atomic E-state index is 11.5. The van der Waals surface area contributed by atoms with Gasteiger partial charge in [0.2, 0.25) is 0 Å². The van der Waals surface area contributed by atoms with Crippen molar-refractivity contribution < 1.29 is 4.79 Å². The van der Waals surface area contributed by atoms with E-state index in [4.69, 9.17) is 0 Å². The predicted molar refractivity (Wildman–Crippen MR) is 84.5 cm³/mol. The van der Waals surface area contributed by atoms with Crippen LogP contribution in [0.4, 0.5) is 4.79 Å². The highest BCUT2D eigenvalue weighted by molar-refractivity contribution is 5.74. The second-order valence-electron chi connectivity index (χ2n) is 5.39. The molecule has 0 aliphatic heterocycles. The average Bonchev–Trinajstić information content (AvgIpc) is 2.45. The summed E-state index contributed by atoms with van der Waals surface area (Å²) in [6.45, 7) is 6.95. The molecule has 0 radical (unpaired) electrons. The van der Waals surface area contributed by atoms with Crippen molar-refractivity contribution >= 4 is 6.03 Å². The van der Waals surface area contributed by atoms with Crippen LogP contribution in [0.5, 0.6) is 0 Å². The van der Waals surface area contributed by atoms with Crippen molar-refractivity contribution in [1.82, 2.24) is 10.6 Å². The van der Waals surface area contributed by atoms with Crippen molar-refractivity contribution in [2.45, 2.75) is 40.0 Å². The zero-order valence-corrected chi connectivity index (χ0v) is 12.8. The third-order valence-electron chi connectivity index (χ3n) is 3.36. The van der Waals surface area contributed by atoms with Gasteiger partial charge < -0.3 is 10.6 Å². The number of benzene rings is 1. The molecule has 0 atom stereocenters. The Morgan fingerprint density at radius 1 is 1.20 bits per heavy atom. The molecule has 2 amide bonds. The summed E-state index contributed by atoms with van der Waals surface area (Å²) in [7, 11) is 0. The molecule has 20 heavy (non-hydrogen) atoms. The number of urea groups is 1. The van der Waals surface area contributed by atoms with E-state index < -0.39 is 0 Å². The molecule has 0 aromatic heterocycles. The lowest BCUT2D eigenvalue weighted by atomic mass is 10.1. The molecular weight excluding hydrogens is 248 g/mol. The number of amides is 2. The molecule has 0 saturated carbocycles. The number of carbonyl (C=O) groups excluding carboxylic acids is 1. The van der Waals surface area contributed by atoms with Crippen LogP contribution in [0.2, 0.25) is 0 Å². The van der Waals surface area contributed by atoms with Gasteiger partial charge in [0.15, 0.2) is 0 Å². The van der Waals surface area contributed by atoms with Crippen LogP contribution in [0.15, 0.2) is 42.1 Å². The van der Waals surface area contributed by atoms with E-state index in [1.54, 1.807) is 6.20 Å². The van der Waals surface area contributed by atoms with E-state index in [1.807, 2.05) is 13.0 Å². The van der Waals surface area contributed by atoms with E-state index in [-0.39, 0.29) is 6.03 Å². The first-order valence-electron chi connectivity index (χ1n) is 7.34. The van der Waals surface area contributed by atoms with E-state index in [2.05, 4.69) is 48.7 Å². The van der Waals surface area contributed by atoms with Gasteiger partial charge in [0.25, 0.3) is 0 Å². The molecule has 3 heteroatoms. The van der Waals surface area contributed by atoms with Gasteiger partial charge in [0.05, 0.1) is 0 Å². The smallest absolute Gasteiger partial charge is 0.318 e. The Kier molecular flexibility index (Phi) is 7.48. The highest BCUT2D eigenvalue weighted by atomic mass is 16.2. The van der Waals surface area contributed by atoms with Crippen LogP contribution in [0.25, 0.3) is 0 Å². The summed E-state index contributed by atoms with van der Waals surface area (Å²) < 4.78 is 0. The van der Waals surface area contributed by atoms with Gasteiger partial charge in [-0.25, -0.2) is 4.79 Å². The Morgan fingerprint density at radius 2 is 1.90 bits per heavy atom. The number of unbranched alkanes of at least 4 members (excludes halogenated alkanes) is 1. The Hall–Kier alpha value is -1.77. The second kappa shape index (κ2) is 9.18. The molecule has 0 spiro atoms. The van der Waals surface area contributed by atoms with Crippen molar-refractivity contribution in [1.29, 1.82) is 0 Å². The summed E-state index contributed by atoms with van der Waals surface area (Å²) in [5.41, 5.74) is 2.52. The number of allylic oxidation sites excluding steroid dienone is 1. The Balaban J connectivity index is 2.09. The fourth-order valence-corrected chi connectivity index (χ4v) is 1.70. The average molecular weight is 274 g/mol. The van der Waals surface area contributed by atoms with Gasteiger partial charge in [-0.1, -0.05) is 49.8 Å². The van der Waals surface area contributed by atoms with E-state index >= 15 is 0 Å². The van der Waals surface area contributed by atoms with Crippen LogP contribution in [-0.4, -0.2) is 12.6 Å². The van der Waals surface area contributed by atoms with Crippen LogP contribution >= 0.6 is 0 Å². The number of hydrogen-bond acceptors (Lipinski definition) is 1. The summed E-state index contributed by atoms with van der Waals surface area (Å²) in [5, 5.41) is 5.63. The third-order valence-corrected chi connectivity index (χ3v) is 3.36. The van der Waals surface area contributed by atoms with Gasteiger partial charge in [-0.3, -0.25) is 0 Å². The van der Waals surface area contributed by atoms with Gasteiger partial charge in [-0.2, -0.15) is 0 Å². The minimum absolute atomic E-state index is 0.121. The molecule has 0 saturated heterocycles. The summed E-state index contributed by atoms with van der Waals surface area (Å²) in [4.78, 5) is 11.5. The minimum Gasteiger partial charge on any atom is -0.338 e. The molecule has 0 heterocycles. The number of rotatable bonds is 7. The van der Waals surface area contributed by atoms with Gasteiger partial charge in [-0.15, -0.1) is 0 Å². The monoisotopic (exact) mass is 274 g/mol. The van der Waals surface area contributed by atoms with Gasteiger partial charge >= 0.3 is 6.03 Å². The lowest BCUT2D eigenvalue weighted by molar-refractivity contribution is 0.244. The number of hydrogen-bond donors (Lipinski definition) is 2. The molecule has 1 rings (SSSR count). The molecule has 1 aromatic carbocycles. The standard InChI is InChI=1S/C17H26N2O/c1-14(2)15(3)13-19-17(20)18-12-8-7-11-16-9-5-4-6-10-16/h4-6,9-10,13-14H,7-8,11-12H2,1-3H3,(H2,18,19,20)/b15-13+. The van der Waals surface area contributed by atoms with Crippen molar-refractivity contribution in [3.8, 4) is 0 Å². The van der Waals surface area contributed by atoms with Crippen molar-refractivity contribution in [3.05, 3.63) is 47.7 Å². The number of carbonyl (C=O) groups is 1. The normalized spacial score (nSPS) is 11.5. The minimum atomic E-state index is -0.121. The molecule has 0 unspecified atom stereocenters. The Morgan fingerprint density at radius 3 is 2.55 bits per heavy atom. The first-order chi connectivity index (χ1) is 9.59. The quantitative estimate of drug-likeness (QED) is 0.728. The van der Waals surface area contributed by atoms with Crippen LogP contribution in [0, 0.1) is 5.92 Å². The zero-order chi connectivity index (χ0) is 14.8. The molecular formula is C17H26N2O. The molecule has 110 valence electrons. The molecule has 0 aliphatic carbocycles. The number of nitrogens with one attached hydrogen (secondary N) is 2. The lowest BCUT2D eigenvalue weighted by Crippen LogP contribution is -2.33. The summed E-state index contributed by atoms with van der Waals surface area (Å²) in [6.07, 6.45) is 4.93. The van der Waals surface area contributed by atoms with Crippen molar-refractivity contribution in [3.63, 3.8) is 0 Å². The van der Waals surface area contributed by atoms with Crippen LogP contribution in [-0.2, 0) is 6.42 Å². The predicted octanol–water partition coefficient (Wildman–Crippen LogP) is 3.87. The van der Waals surface area contributed by atoms with E-state index in [9.17, 15) is 4.79 Å². The molecule has 2 N–H and O–H groups in total. The second-order valence-corrected chi connectivity index (χ2v) is 5.39. The molecule has 0 aliphatic rings. The SMILES string of the molecule is C/C(=C\NC(=O)NCCCCc1ccccc1)C(C)C. The fourth-order valence-electron chi connectivity index (χ4n) is 1.70. The largest absolute Gasteiger partial charge is 0.338 e. The highest BCUT2D eigenvalue weighted by Gasteiger charge is 1.99. The maximum Gasteiger partial charge on any atom is 0.318 e. The maximum atomic E-state index is 11.5. The number of aryl methyl sites for hydroxylation is 1. The van der Waals surface area contributed by atoms with E-state index in [0.29, 0.717) is 12.5 Å².